The molecule has 1 fully saturated rings. The third-order valence-corrected chi connectivity index (χ3v) is 3.29. The van der Waals surface area contributed by atoms with Crippen molar-refractivity contribution in [1.29, 1.82) is 0 Å². The summed E-state index contributed by atoms with van der Waals surface area (Å²) < 4.78 is 0. The fourth-order valence-electron chi connectivity index (χ4n) is 2.26. The van der Waals surface area contributed by atoms with Crippen LogP contribution in [0.4, 0.5) is 0 Å². The van der Waals surface area contributed by atoms with E-state index in [1.807, 2.05) is 39.1 Å². The Morgan fingerprint density at radius 3 is 2.56 bits per heavy atom. The number of aromatic nitrogens is 1. The van der Waals surface area contributed by atoms with E-state index in [9.17, 15) is 5.11 Å². The Morgan fingerprint density at radius 1 is 1.22 bits per heavy atom. The summed E-state index contributed by atoms with van der Waals surface area (Å²) in [4.78, 5) is 4.54. The lowest BCUT2D eigenvalue weighted by molar-refractivity contribution is 0.282. The van der Waals surface area contributed by atoms with Crippen LogP contribution < -0.4 is 0 Å². The number of aliphatic hydroxyl groups excluding tert-OH is 1. The van der Waals surface area contributed by atoms with Crippen LogP contribution >= 0.6 is 0 Å². The van der Waals surface area contributed by atoms with Crippen LogP contribution in [0.25, 0.3) is 10.9 Å². The Kier molecular flexibility index (Phi) is 3.97. The first-order chi connectivity index (χ1) is 8.78. The zero-order valence-electron chi connectivity index (χ0n) is 11.4. The molecule has 0 unspecified atom stereocenters. The molecule has 0 amide bonds. The number of aliphatic hydroxyl groups is 1. The topological polar surface area (TPSA) is 33.1 Å². The lowest BCUT2D eigenvalue weighted by atomic mass is 10.0. The van der Waals surface area contributed by atoms with Gasteiger partial charge in [0.1, 0.15) is 0 Å². The van der Waals surface area contributed by atoms with Gasteiger partial charge in [0.2, 0.25) is 0 Å². The monoisotopic (exact) mass is 243 g/mol. The highest BCUT2D eigenvalue weighted by Gasteiger charge is 2.23. The van der Waals surface area contributed by atoms with Gasteiger partial charge in [-0.3, -0.25) is 4.98 Å². The normalized spacial score (nSPS) is 14.2. The van der Waals surface area contributed by atoms with E-state index in [1.54, 1.807) is 0 Å². The van der Waals surface area contributed by atoms with Gasteiger partial charge in [-0.25, -0.2) is 0 Å². The van der Waals surface area contributed by atoms with Crippen molar-refractivity contribution in [2.45, 2.75) is 46.1 Å². The maximum atomic E-state index is 9.19. The quantitative estimate of drug-likeness (QED) is 0.866. The highest BCUT2D eigenvalue weighted by molar-refractivity contribution is 5.83. The van der Waals surface area contributed by atoms with Crippen molar-refractivity contribution in [3.8, 4) is 0 Å². The summed E-state index contributed by atoms with van der Waals surface area (Å²) >= 11 is 0. The van der Waals surface area contributed by atoms with Gasteiger partial charge in [0, 0.05) is 11.6 Å². The van der Waals surface area contributed by atoms with Gasteiger partial charge in [-0.15, -0.1) is 0 Å². The number of hydrogen-bond acceptors (Lipinski definition) is 2. The molecule has 1 aromatic heterocycles. The molecule has 1 aliphatic rings. The summed E-state index contributed by atoms with van der Waals surface area (Å²) in [7, 11) is 0. The second-order valence-corrected chi connectivity index (χ2v) is 4.69. The lowest BCUT2D eigenvalue weighted by Crippen LogP contribution is -1.91. The van der Waals surface area contributed by atoms with E-state index < -0.39 is 0 Å². The first kappa shape index (κ1) is 13.0. The highest BCUT2D eigenvalue weighted by Crippen LogP contribution is 2.40. The van der Waals surface area contributed by atoms with Gasteiger partial charge in [-0.1, -0.05) is 19.9 Å². The van der Waals surface area contributed by atoms with Gasteiger partial charge in [0.25, 0.3) is 0 Å². The third-order valence-electron chi connectivity index (χ3n) is 3.29. The van der Waals surface area contributed by atoms with Crippen LogP contribution in [0.1, 0.15) is 49.3 Å². The molecular weight excluding hydrogens is 222 g/mol. The lowest BCUT2D eigenvalue weighted by Gasteiger charge is -2.06. The molecule has 2 aromatic rings. The number of aryl methyl sites for hydroxylation is 1. The maximum absolute atomic E-state index is 9.19. The van der Waals surface area contributed by atoms with Gasteiger partial charge in [-0.2, -0.15) is 0 Å². The molecule has 0 atom stereocenters. The molecule has 1 aliphatic carbocycles. The second kappa shape index (κ2) is 5.49. The molecule has 1 aromatic carbocycles. The van der Waals surface area contributed by atoms with Crippen LogP contribution in [0.15, 0.2) is 24.4 Å². The molecule has 0 saturated heterocycles. The molecule has 2 nitrogen and oxygen atoms in total. The summed E-state index contributed by atoms with van der Waals surface area (Å²) in [6.45, 7) is 6.15. The maximum Gasteiger partial charge on any atom is 0.0731 e. The molecule has 0 radical (unpaired) electrons. The van der Waals surface area contributed by atoms with Crippen LogP contribution in [0.3, 0.4) is 0 Å². The first-order valence-electron chi connectivity index (χ1n) is 6.78. The van der Waals surface area contributed by atoms with Crippen molar-refractivity contribution in [2.75, 3.05) is 0 Å². The van der Waals surface area contributed by atoms with Crippen molar-refractivity contribution in [2.24, 2.45) is 0 Å². The summed E-state index contributed by atoms with van der Waals surface area (Å²) in [5.74, 6) is 0.731. The molecule has 0 spiro atoms. The van der Waals surface area contributed by atoms with Gasteiger partial charge in [-0.05, 0) is 54.5 Å². The highest BCUT2D eigenvalue weighted by atomic mass is 16.3. The van der Waals surface area contributed by atoms with Gasteiger partial charge < -0.3 is 5.11 Å². The fourth-order valence-corrected chi connectivity index (χ4v) is 2.26. The average molecular weight is 243 g/mol. The fraction of sp³-hybridized carbons (Fsp3) is 0.438. The van der Waals surface area contributed by atoms with Crippen LogP contribution in [0, 0.1) is 6.92 Å². The Labute approximate surface area is 109 Å². The van der Waals surface area contributed by atoms with E-state index in [1.165, 1.54) is 18.4 Å². The predicted octanol–water partition coefficient (Wildman–Crippen LogP) is 3.94. The summed E-state index contributed by atoms with van der Waals surface area (Å²) in [5, 5.41) is 10.4. The standard InChI is InChI=1S/C14H15NO.C2H6/c1-9-4-10(8-16)5-12-6-13(11-2-3-11)7-15-14(9)12;1-2/h4-7,11,16H,2-3,8H2,1H3;1-2H3. The van der Waals surface area contributed by atoms with E-state index in [4.69, 9.17) is 0 Å². The molecule has 2 heteroatoms. The van der Waals surface area contributed by atoms with Crippen molar-refractivity contribution < 1.29 is 5.11 Å². The van der Waals surface area contributed by atoms with E-state index in [0.29, 0.717) is 0 Å². The number of benzene rings is 1. The van der Waals surface area contributed by atoms with Crippen molar-refractivity contribution >= 4 is 10.9 Å². The number of fused-ring (bicyclic) bond motifs is 1. The summed E-state index contributed by atoms with van der Waals surface area (Å²) in [5.41, 5.74) is 4.52. The van der Waals surface area contributed by atoms with Crippen molar-refractivity contribution in [3.05, 3.63) is 41.1 Å². The van der Waals surface area contributed by atoms with E-state index >= 15 is 0 Å². The second-order valence-electron chi connectivity index (χ2n) is 4.69. The number of pyridine rings is 1. The third kappa shape index (κ3) is 2.54. The Hall–Kier alpha value is -1.41. The first-order valence-corrected chi connectivity index (χ1v) is 6.78. The Balaban J connectivity index is 0.000000574. The zero-order chi connectivity index (χ0) is 13.1. The van der Waals surface area contributed by atoms with Crippen LogP contribution in [-0.4, -0.2) is 10.1 Å². The minimum absolute atomic E-state index is 0.102. The number of rotatable bonds is 2. The van der Waals surface area contributed by atoms with E-state index in [0.717, 1.165) is 27.9 Å². The number of hydrogen-bond donors (Lipinski definition) is 1. The van der Waals surface area contributed by atoms with Crippen LogP contribution in [-0.2, 0) is 6.61 Å². The molecule has 96 valence electrons. The largest absolute Gasteiger partial charge is 0.392 e. The molecule has 1 saturated carbocycles. The van der Waals surface area contributed by atoms with E-state index in [-0.39, 0.29) is 6.61 Å². The molecule has 18 heavy (non-hydrogen) atoms. The van der Waals surface area contributed by atoms with Gasteiger partial charge >= 0.3 is 0 Å². The Bertz CT molecular complexity index is 544. The van der Waals surface area contributed by atoms with Crippen molar-refractivity contribution in [3.63, 3.8) is 0 Å². The summed E-state index contributed by atoms with van der Waals surface area (Å²) in [6.07, 6.45) is 4.60. The van der Waals surface area contributed by atoms with Gasteiger partial charge in [0.05, 0.1) is 12.1 Å². The average Bonchev–Trinajstić information content (AvgIpc) is 3.24. The minimum Gasteiger partial charge on any atom is -0.392 e. The minimum atomic E-state index is 0.102. The van der Waals surface area contributed by atoms with Crippen molar-refractivity contribution in [1.82, 2.24) is 4.98 Å². The SMILES string of the molecule is CC.Cc1cc(CO)cc2cc(C3CC3)cnc12. The van der Waals surface area contributed by atoms with Gasteiger partial charge in [0.15, 0.2) is 0 Å². The smallest absolute Gasteiger partial charge is 0.0731 e. The van der Waals surface area contributed by atoms with E-state index in [2.05, 4.69) is 11.1 Å². The molecule has 1 heterocycles. The molecule has 0 aliphatic heterocycles. The molecular formula is C16H21NO. The predicted molar refractivity (Wildman–Crippen MR) is 75.7 cm³/mol. The number of nitrogens with zero attached hydrogens (tertiary/aromatic N) is 1. The molecule has 0 bridgehead atoms. The Morgan fingerprint density at radius 2 is 1.94 bits per heavy atom. The molecule has 1 N–H and O–H groups in total. The van der Waals surface area contributed by atoms with Crippen LogP contribution in [0.5, 0.6) is 0 Å². The van der Waals surface area contributed by atoms with Crippen LogP contribution in [0.2, 0.25) is 0 Å². The zero-order valence-corrected chi connectivity index (χ0v) is 11.4. The molecule has 3 rings (SSSR count). The summed E-state index contributed by atoms with van der Waals surface area (Å²) in [6, 6.07) is 6.28.